The number of carbonyl (C=O) groups is 2. The number of esters is 1. The van der Waals surface area contributed by atoms with E-state index in [0.717, 1.165) is 16.0 Å². The highest BCUT2D eigenvalue weighted by atomic mass is 32.1. The van der Waals surface area contributed by atoms with Crippen molar-refractivity contribution < 1.29 is 23.8 Å². The van der Waals surface area contributed by atoms with E-state index >= 15 is 0 Å². The van der Waals surface area contributed by atoms with E-state index in [1.165, 1.54) is 11.3 Å². The van der Waals surface area contributed by atoms with Crippen LogP contribution in [0.3, 0.4) is 0 Å². The summed E-state index contributed by atoms with van der Waals surface area (Å²) >= 11 is 1.34. The highest BCUT2D eigenvalue weighted by Crippen LogP contribution is 2.22. The maximum absolute atomic E-state index is 12.9. The summed E-state index contributed by atoms with van der Waals surface area (Å²) in [6.07, 6.45) is 0. The quantitative estimate of drug-likeness (QED) is 0.332. The number of rotatable bonds is 8. The summed E-state index contributed by atoms with van der Waals surface area (Å²) in [6, 6.07) is 21.6. The molecule has 0 aliphatic rings. The zero-order valence-corrected chi connectivity index (χ0v) is 19.7. The van der Waals surface area contributed by atoms with Crippen LogP contribution in [0.15, 0.2) is 77.8 Å². The van der Waals surface area contributed by atoms with Gasteiger partial charge in [-0.1, -0.05) is 29.5 Å². The third kappa shape index (κ3) is 5.41. The molecular weight excluding hydrogens is 452 g/mol. The van der Waals surface area contributed by atoms with Crippen molar-refractivity contribution in [2.45, 2.75) is 13.5 Å². The van der Waals surface area contributed by atoms with Gasteiger partial charge in [-0.15, -0.1) is 0 Å². The van der Waals surface area contributed by atoms with Crippen molar-refractivity contribution >= 4 is 33.4 Å². The zero-order chi connectivity index (χ0) is 23.9. The van der Waals surface area contributed by atoms with Crippen LogP contribution in [0.2, 0.25) is 0 Å². The van der Waals surface area contributed by atoms with Gasteiger partial charge in [0.2, 0.25) is 0 Å². The Morgan fingerprint density at radius 3 is 2.35 bits per heavy atom. The number of hydrogen-bond donors (Lipinski definition) is 0. The number of nitrogens with zero attached hydrogens (tertiary/aromatic N) is 2. The summed E-state index contributed by atoms with van der Waals surface area (Å²) < 4.78 is 18.9. The van der Waals surface area contributed by atoms with Crippen LogP contribution in [0.25, 0.3) is 10.2 Å². The molecule has 0 unspecified atom stereocenters. The Bertz CT molecular complexity index is 1360. The Morgan fingerprint density at radius 2 is 1.65 bits per heavy atom. The average molecular weight is 477 g/mol. The number of amides is 1. The number of carbonyl (C=O) groups excluding carboxylic acids is 2. The molecule has 8 heteroatoms. The van der Waals surface area contributed by atoms with Crippen LogP contribution in [0.1, 0.15) is 27.6 Å². The molecule has 1 heterocycles. The predicted octanol–water partition coefficient (Wildman–Crippen LogP) is 5.06. The van der Waals surface area contributed by atoms with E-state index in [4.69, 9.17) is 14.2 Å². The van der Waals surface area contributed by atoms with Gasteiger partial charge in [-0.05, 0) is 61.5 Å². The van der Waals surface area contributed by atoms with E-state index in [0.29, 0.717) is 41.4 Å². The van der Waals surface area contributed by atoms with Crippen LogP contribution < -0.4 is 9.54 Å². The maximum Gasteiger partial charge on any atom is 0.338 e. The SMILES string of the molecule is CCOC(=O)c1ccc2c(c1)sc(=NC(=O)c1ccc(Oc3ccccc3)cc1)n2CCOC. The Morgan fingerprint density at radius 1 is 0.941 bits per heavy atom. The van der Waals surface area contributed by atoms with Gasteiger partial charge >= 0.3 is 5.97 Å². The number of para-hydroxylation sites is 1. The molecule has 0 fully saturated rings. The number of aromatic nitrogens is 1. The van der Waals surface area contributed by atoms with Gasteiger partial charge in [0.1, 0.15) is 11.5 Å². The molecule has 1 amide bonds. The molecule has 4 aromatic rings. The lowest BCUT2D eigenvalue weighted by Gasteiger charge is -2.06. The normalized spacial score (nSPS) is 11.5. The molecule has 3 aromatic carbocycles. The maximum atomic E-state index is 12.9. The van der Waals surface area contributed by atoms with Crippen molar-refractivity contribution in [3.63, 3.8) is 0 Å². The van der Waals surface area contributed by atoms with Crippen molar-refractivity contribution in [2.24, 2.45) is 4.99 Å². The lowest BCUT2D eigenvalue weighted by molar-refractivity contribution is 0.0526. The van der Waals surface area contributed by atoms with E-state index in [9.17, 15) is 9.59 Å². The number of methoxy groups -OCH3 is 1. The molecule has 0 spiro atoms. The van der Waals surface area contributed by atoms with E-state index in [1.54, 1.807) is 50.4 Å². The van der Waals surface area contributed by atoms with Gasteiger partial charge in [0, 0.05) is 19.2 Å². The fraction of sp³-hybridized carbons (Fsp3) is 0.192. The molecular formula is C26H24N2O5S. The minimum Gasteiger partial charge on any atom is -0.462 e. The van der Waals surface area contributed by atoms with Gasteiger partial charge in [-0.25, -0.2) is 4.79 Å². The van der Waals surface area contributed by atoms with Crippen LogP contribution >= 0.6 is 11.3 Å². The van der Waals surface area contributed by atoms with E-state index in [2.05, 4.69) is 4.99 Å². The third-order valence-electron chi connectivity index (χ3n) is 4.99. The zero-order valence-electron chi connectivity index (χ0n) is 18.9. The molecule has 0 bridgehead atoms. The summed E-state index contributed by atoms with van der Waals surface area (Å²) in [5.41, 5.74) is 1.78. The smallest absolute Gasteiger partial charge is 0.338 e. The molecule has 0 radical (unpaired) electrons. The second-order valence-corrected chi connectivity index (χ2v) is 8.30. The average Bonchev–Trinajstić information content (AvgIpc) is 3.19. The molecule has 0 aliphatic carbocycles. The summed E-state index contributed by atoms with van der Waals surface area (Å²) in [4.78, 5) is 30.0. The van der Waals surface area contributed by atoms with Crippen LogP contribution in [0, 0.1) is 0 Å². The summed E-state index contributed by atoms with van der Waals surface area (Å²) in [7, 11) is 1.62. The number of hydrogen-bond acceptors (Lipinski definition) is 6. The van der Waals surface area contributed by atoms with Crippen molar-refractivity contribution in [1.82, 2.24) is 4.57 Å². The van der Waals surface area contributed by atoms with Crippen LogP contribution in [-0.2, 0) is 16.0 Å². The van der Waals surface area contributed by atoms with Gasteiger partial charge in [0.05, 0.1) is 29.0 Å². The Balaban J connectivity index is 1.64. The van der Waals surface area contributed by atoms with Crippen molar-refractivity contribution in [3.05, 3.63) is 88.7 Å². The first kappa shape index (κ1) is 23.4. The molecule has 0 aliphatic heterocycles. The van der Waals surface area contributed by atoms with Crippen LogP contribution in [-0.4, -0.2) is 36.8 Å². The van der Waals surface area contributed by atoms with Gasteiger partial charge in [-0.3, -0.25) is 4.79 Å². The number of benzene rings is 3. The predicted molar refractivity (Wildman–Crippen MR) is 130 cm³/mol. The van der Waals surface area contributed by atoms with E-state index < -0.39 is 0 Å². The highest BCUT2D eigenvalue weighted by Gasteiger charge is 2.13. The second-order valence-electron chi connectivity index (χ2n) is 7.29. The molecule has 4 rings (SSSR count). The molecule has 174 valence electrons. The number of fused-ring (bicyclic) bond motifs is 1. The fourth-order valence-electron chi connectivity index (χ4n) is 3.34. The number of ether oxygens (including phenoxy) is 3. The van der Waals surface area contributed by atoms with Crippen LogP contribution in [0.5, 0.6) is 11.5 Å². The molecule has 0 saturated heterocycles. The monoisotopic (exact) mass is 476 g/mol. The summed E-state index contributed by atoms with van der Waals surface area (Å²) in [5.74, 6) is 0.604. The van der Waals surface area contributed by atoms with Crippen molar-refractivity contribution in [3.8, 4) is 11.5 Å². The van der Waals surface area contributed by atoms with Gasteiger partial charge in [-0.2, -0.15) is 4.99 Å². The van der Waals surface area contributed by atoms with Gasteiger partial charge in [0.25, 0.3) is 5.91 Å². The topological polar surface area (TPSA) is 79.1 Å². The Kier molecular flexibility index (Phi) is 7.51. The minimum absolute atomic E-state index is 0.305. The molecule has 1 aromatic heterocycles. The Hall–Kier alpha value is -3.75. The fourth-order valence-corrected chi connectivity index (χ4v) is 4.43. The van der Waals surface area contributed by atoms with Crippen LogP contribution in [0.4, 0.5) is 0 Å². The van der Waals surface area contributed by atoms with Crippen molar-refractivity contribution in [1.29, 1.82) is 0 Å². The summed E-state index contributed by atoms with van der Waals surface area (Å²) in [5, 5.41) is 0. The lowest BCUT2D eigenvalue weighted by Crippen LogP contribution is -2.19. The molecule has 7 nitrogen and oxygen atoms in total. The molecule has 0 atom stereocenters. The lowest BCUT2D eigenvalue weighted by atomic mass is 10.2. The van der Waals surface area contributed by atoms with E-state index in [-0.39, 0.29) is 11.9 Å². The summed E-state index contributed by atoms with van der Waals surface area (Å²) in [6.45, 7) is 3.05. The Labute approximate surface area is 200 Å². The molecule has 0 saturated carbocycles. The first-order valence-corrected chi connectivity index (χ1v) is 11.6. The third-order valence-corrected chi connectivity index (χ3v) is 6.03. The molecule has 0 N–H and O–H groups in total. The highest BCUT2D eigenvalue weighted by molar-refractivity contribution is 7.16. The van der Waals surface area contributed by atoms with Gasteiger partial charge in [0.15, 0.2) is 4.80 Å². The second kappa shape index (κ2) is 10.9. The largest absolute Gasteiger partial charge is 0.462 e. The first-order chi connectivity index (χ1) is 16.6. The number of thiazole rings is 1. The molecule has 34 heavy (non-hydrogen) atoms. The first-order valence-electron chi connectivity index (χ1n) is 10.8. The van der Waals surface area contributed by atoms with Crippen molar-refractivity contribution in [2.75, 3.05) is 20.3 Å². The van der Waals surface area contributed by atoms with E-state index in [1.807, 2.05) is 41.0 Å². The standard InChI is InChI=1S/C26H24N2O5S/c1-3-32-25(30)19-11-14-22-23(17-19)34-26(28(22)15-16-31-2)27-24(29)18-9-12-21(13-10-18)33-20-7-5-4-6-8-20/h4-14,17H,3,15-16H2,1-2H3. The minimum atomic E-state index is -0.381. The van der Waals surface area contributed by atoms with Gasteiger partial charge < -0.3 is 18.8 Å².